The number of ketones is 1. The van der Waals surface area contributed by atoms with Gasteiger partial charge < -0.3 is 9.47 Å². The second-order valence-corrected chi connectivity index (χ2v) is 4.66. The Bertz CT molecular complexity index is 428. The summed E-state index contributed by atoms with van der Waals surface area (Å²) in [5.74, 6) is 0.527. The Morgan fingerprint density at radius 1 is 1.61 bits per heavy atom. The number of hydrogen-bond donors (Lipinski definition) is 0. The molecule has 2 atom stereocenters. The fraction of sp³-hybridized carbons (Fsp3) is 0.692. The van der Waals surface area contributed by atoms with E-state index in [0.29, 0.717) is 18.0 Å². The van der Waals surface area contributed by atoms with E-state index in [0.717, 1.165) is 19.3 Å². The van der Waals surface area contributed by atoms with Crippen LogP contribution in [0.1, 0.15) is 43.6 Å². The molecule has 0 radical (unpaired) electrons. The van der Waals surface area contributed by atoms with Gasteiger partial charge in [0.1, 0.15) is 11.8 Å². The van der Waals surface area contributed by atoms with E-state index in [1.807, 2.05) is 6.92 Å². The molecule has 2 unspecified atom stereocenters. The third-order valence-corrected chi connectivity index (χ3v) is 3.22. The minimum Gasteiger partial charge on any atom is -0.493 e. The van der Waals surface area contributed by atoms with Gasteiger partial charge in [0.15, 0.2) is 5.75 Å². The van der Waals surface area contributed by atoms with Crippen LogP contribution < -0.4 is 4.74 Å². The zero-order valence-electron chi connectivity index (χ0n) is 11.2. The second kappa shape index (κ2) is 5.52. The quantitative estimate of drug-likeness (QED) is 0.753. The molecule has 1 saturated heterocycles. The summed E-state index contributed by atoms with van der Waals surface area (Å²) in [6, 6.07) is 0. The smallest absolute Gasteiger partial charge is 0.213 e. The van der Waals surface area contributed by atoms with Gasteiger partial charge in [-0.3, -0.25) is 9.48 Å². The molecule has 0 aromatic carbocycles. The number of aryl methyl sites for hydroxylation is 1. The summed E-state index contributed by atoms with van der Waals surface area (Å²) < 4.78 is 12.6. The molecule has 5 nitrogen and oxygen atoms in total. The number of rotatable bonds is 5. The summed E-state index contributed by atoms with van der Waals surface area (Å²) in [5.41, 5.74) is 0.540. The Balaban J connectivity index is 2.24. The molecule has 0 saturated carbocycles. The number of carbonyl (C=O) groups is 1. The van der Waals surface area contributed by atoms with Gasteiger partial charge in [-0.1, -0.05) is 6.92 Å². The molecule has 1 fully saturated rings. The van der Waals surface area contributed by atoms with Crippen LogP contribution >= 0.6 is 0 Å². The Labute approximate surface area is 107 Å². The van der Waals surface area contributed by atoms with Gasteiger partial charge in [-0.15, -0.1) is 0 Å². The van der Waals surface area contributed by atoms with Crippen molar-refractivity contribution < 1.29 is 14.3 Å². The van der Waals surface area contributed by atoms with Gasteiger partial charge in [0, 0.05) is 6.54 Å². The molecule has 1 aromatic heterocycles. The largest absolute Gasteiger partial charge is 0.493 e. The Kier molecular flexibility index (Phi) is 4.01. The first-order valence-electron chi connectivity index (χ1n) is 6.46. The maximum Gasteiger partial charge on any atom is 0.213 e. The fourth-order valence-corrected chi connectivity index (χ4v) is 2.30. The minimum atomic E-state index is -0.346. The first-order valence-corrected chi connectivity index (χ1v) is 6.46. The van der Waals surface area contributed by atoms with Crippen LogP contribution in [0.3, 0.4) is 0 Å². The average molecular weight is 252 g/mol. The van der Waals surface area contributed by atoms with Gasteiger partial charge in [0.05, 0.1) is 19.4 Å². The first-order chi connectivity index (χ1) is 8.67. The highest BCUT2D eigenvalue weighted by Gasteiger charge is 2.32. The Hall–Kier alpha value is -1.36. The molecule has 1 aliphatic rings. The molecular formula is C13H20N2O3. The van der Waals surface area contributed by atoms with Crippen molar-refractivity contribution >= 4 is 5.78 Å². The standard InChI is InChI=1S/C13H20N2O3/c1-4-7-15-12(11(17-3)8-14-15)13(16)10-6-5-9(2)18-10/h8-10H,4-7H2,1-3H3. The molecule has 1 aliphatic heterocycles. The van der Waals surface area contributed by atoms with Crippen LogP contribution in [0.4, 0.5) is 0 Å². The monoisotopic (exact) mass is 252 g/mol. The molecule has 0 aliphatic carbocycles. The van der Waals surface area contributed by atoms with Crippen molar-refractivity contribution in [3.05, 3.63) is 11.9 Å². The molecule has 5 heteroatoms. The molecular weight excluding hydrogens is 232 g/mol. The molecule has 2 rings (SSSR count). The van der Waals surface area contributed by atoms with Crippen molar-refractivity contribution in [1.29, 1.82) is 0 Å². The SMILES string of the molecule is CCCn1ncc(OC)c1C(=O)C1CCC(C)O1. The zero-order chi connectivity index (χ0) is 13.1. The third kappa shape index (κ3) is 2.41. The summed E-state index contributed by atoms with van der Waals surface area (Å²) in [7, 11) is 1.56. The third-order valence-electron chi connectivity index (χ3n) is 3.22. The highest BCUT2D eigenvalue weighted by molar-refractivity contribution is 6.00. The lowest BCUT2D eigenvalue weighted by molar-refractivity contribution is 0.0422. The maximum atomic E-state index is 12.5. The number of carbonyl (C=O) groups excluding carboxylic acids is 1. The molecule has 0 amide bonds. The highest BCUT2D eigenvalue weighted by atomic mass is 16.5. The number of hydrogen-bond acceptors (Lipinski definition) is 4. The van der Waals surface area contributed by atoms with Crippen LogP contribution in [0, 0.1) is 0 Å². The lowest BCUT2D eigenvalue weighted by Crippen LogP contribution is -2.24. The van der Waals surface area contributed by atoms with E-state index >= 15 is 0 Å². The maximum absolute atomic E-state index is 12.5. The van der Waals surface area contributed by atoms with Crippen LogP contribution in [-0.2, 0) is 11.3 Å². The summed E-state index contributed by atoms with van der Waals surface area (Å²) in [6.45, 7) is 4.76. The van der Waals surface area contributed by atoms with E-state index in [2.05, 4.69) is 12.0 Å². The predicted octanol–water partition coefficient (Wildman–Crippen LogP) is 2.05. The minimum absolute atomic E-state index is 0.0119. The van der Waals surface area contributed by atoms with Gasteiger partial charge in [-0.25, -0.2) is 0 Å². The van der Waals surface area contributed by atoms with Crippen LogP contribution in [-0.4, -0.2) is 34.9 Å². The molecule has 100 valence electrons. The van der Waals surface area contributed by atoms with E-state index in [1.165, 1.54) is 0 Å². The van der Waals surface area contributed by atoms with Gasteiger partial charge >= 0.3 is 0 Å². The van der Waals surface area contributed by atoms with E-state index in [9.17, 15) is 4.79 Å². The van der Waals surface area contributed by atoms with E-state index in [1.54, 1.807) is 18.0 Å². The Morgan fingerprint density at radius 3 is 2.94 bits per heavy atom. The normalized spacial score (nSPS) is 23.3. The van der Waals surface area contributed by atoms with Gasteiger partial charge in [-0.2, -0.15) is 5.10 Å². The fourth-order valence-electron chi connectivity index (χ4n) is 2.30. The van der Waals surface area contributed by atoms with Crippen molar-refractivity contribution in [2.75, 3.05) is 7.11 Å². The lowest BCUT2D eigenvalue weighted by Gasteiger charge is -2.12. The van der Waals surface area contributed by atoms with Crippen molar-refractivity contribution in [2.45, 2.75) is 51.9 Å². The van der Waals surface area contributed by atoms with E-state index in [4.69, 9.17) is 9.47 Å². The van der Waals surface area contributed by atoms with Crippen molar-refractivity contribution in [3.63, 3.8) is 0 Å². The van der Waals surface area contributed by atoms with Crippen molar-refractivity contribution in [2.24, 2.45) is 0 Å². The zero-order valence-corrected chi connectivity index (χ0v) is 11.2. The molecule has 0 bridgehead atoms. The average Bonchev–Trinajstić information content (AvgIpc) is 2.95. The number of Topliss-reactive ketones (excluding diaryl/α,β-unsaturated/α-hetero) is 1. The molecule has 1 aromatic rings. The number of methoxy groups -OCH3 is 1. The van der Waals surface area contributed by atoms with E-state index in [-0.39, 0.29) is 18.0 Å². The van der Waals surface area contributed by atoms with Crippen molar-refractivity contribution in [1.82, 2.24) is 9.78 Å². The second-order valence-electron chi connectivity index (χ2n) is 4.66. The van der Waals surface area contributed by atoms with Crippen LogP contribution in [0.2, 0.25) is 0 Å². The highest BCUT2D eigenvalue weighted by Crippen LogP contribution is 2.26. The molecule has 18 heavy (non-hydrogen) atoms. The molecule has 0 spiro atoms. The van der Waals surface area contributed by atoms with Crippen LogP contribution in [0.5, 0.6) is 5.75 Å². The summed E-state index contributed by atoms with van der Waals surface area (Å²) in [6.07, 6.45) is 4.05. The van der Waals surface area contributed by atoms with Crippen molar-refractivity contribution in [3.8, 4) is 5.75 Å². The number of ether oxygens (including phenoxy) is 2. The van der Waals surface area contributed by atoms with Gasteiger partial charge in [-0.05, 0) is 26.2 Å². The first kappa shape index (κ1) is 13.1. The lowest BCUT2D eigenvalue weighted by atomic mass is 10.1. The molecule has 2 heterocycles. The molecule has 0 N–H and O–H groups in total. The summed E-state index contributed by atoms with van der Waals surface area (Å²) in [4.78, 5) is 12.5. The van der Waals surface area contributed by atoms with Gasteiger partial charge in [0.2, 0.25) is 5.78 Å². The van der Waals surface area contributed by atoms with E-state index < -0.39 is 0 Å². The summed E-state index contributed by atoms with van der Waals surface area (Å²) >= 11 is 0. The predicted molar refractivity (Wildman–Crippen MR) is 67.0 cm³/mol. The number of aromatic nitrogens is 2. The van der Waals surface area contributed by atoms with Gasteiger partial charge in [0.25, 0.3) is 0 Å². The summed E-state index contributed by atoms with van der Waals surface area (Å²) in [5, 5.41) is 4.20. The topological polar surface area (TPSA) is 53.4 Å². The number of nitrogens with zero attached hydrogens (tertiary/aromatic N) is 2. The Morgan fingerprint density at radius 2 is 2.39 bits per heavy atom. The van der Waals surface area contributed by atoms with Crippen LogP contribution in [0.25, 0.3) is 0 Å². The van der Waals surface area contributed by atoms with Crippen LogP contribution in [0.15, 0.2) is 6.20 Å².